The topological polar surface area (TPSA) is 24.8 Å². The number of hydrogen-bond acceptors (Lipinski definition) is 2. The molecule has 0 saturated carbocycles. The second-order valence-electron chi connectivity index (χ2n) is 5.90. The van der Waals surface area contributed by atoms with Gasteiger partial charge in [0.05, 0.1) is 32.7 Å². The van der Waals surface area contributed by atoms with Crippen molar-refractivity contribution in [1.29, 1.82) is 0 Å². The van der Waals surface area contributed by atoms with Crippen LogP contribution in [0, 0.1) is 0 Å². The van der Waals surface area contributed by atoms with Crippen molar-refractivity contribution >= 4 is 11.9 Å². The molecule has 0 aromatic heterocycles. The number of allylic oxidation sites excluding steroid dienone is 2. The first-order valence-electron chi connectivity index (χ1n) is 7.96. The quantitative estimate of drug-likeness (QED) is 0.830. The van der Waals surface area contributed by atoms with Gasteiger partial charge in [-0.25, -0.2) is 0 Å². The third kappa shape index (κ3) is 5.53. The summed E-state index contributed by atoms with van der Waals surface area (Å²) in [6.45, 7) is 5.43. The highest BCUT2D eigenvalue weighted by atomic mass is 19.4. The normalized spacial score (nSPS) is 17.5. The zero-order valence-corrected chi connectivity index (χ0v) is 13.6. The van der Waals surface area contributed by atoms with Gasteiger partial charge in [-0.15, -0.1) is 0 Å². The summed E-state index contributed by atoms with van der Waals surface area (Å²) in [5, 5.41) is 0. The Hall–Kier alpha value is -2.08. The van der Waals surface area contributed by atoms with Gasteiger partial charge in [0.25, 0.3) is 5.78 Å². The highest BCUT2D eigenvalue weighted by Gasteiger charge is 2.37. The molecule has 1 heterocycles. The number of halogens is 3. The van der Waals surface area contributed by atoms with Crippen LogP contribution in [0.4, 0.5) is 13.2 Å². The van der Waals surface area contributed by atoms with E-state index in [-0.39, 0.29) is 0 Å². The predicted molar refractivity (Wildman–Crippen MR) is 87.4 cm³/mol. The number of quaternary nitrogens is 1. The standard InChI is InChI=1S/C18H21F3N2O/c1-15(14-17(24)18(19,20)21)23-12-10-22(11-13-23)9-5-8-16-6-3-2-4-7-16/h2-8,14H,9-13H2,1H3/p+1/b8-5+,15-14-. The fraction of sp³-hybridized carbons (Fsp3) is 0.389. The van der Waals surface area contributed by atoms with Crippen LogP contribution in [0.25, 0.3) is 6.08 Å². The van der Waals surface area contributed by atoms with Crippen LogP contribution in [0.15, 0.2) is 48.2 Å². The van der Waals surface area contributed by atoms with Crippen LogP contribution in [0.2, 0.25) is 0 Å². The number of ketones is 1. The molecule has 2 rings (SSSR count). The Morgan fingerprint density at radius 3 is 2.42 bits per heavy atom. The van der Waals surface area contributed by atoms with E-state index in [9.17, 15) is 18.0 Å². The van der Waals surface area contributed by atoms with E-state index >= 15 is 0 Å². The van der Waals surface area contributed by atoms with Gasteiger partial charge in [-0.1, -0.05) is 36.4 Å². The Balaban J connectivity index is 1.80. The molecule has 3 nitrogen and oxygen atoms in total. The lowest BCUT2D eigenvalue weighted by molar-refractivity contribution is -0.898. The summed E-state index contributed by atoms with van der Waals surface area (Å²) in [7, 11) is 0. The van der Waals surface area contributed by atoms with Crippen LogP contribution in [-0.4, -0.2) is 49.6 Å². The van der Waals surface area contributed by atoms with E-state index in [1.807, 2.05) is 35.2 Å². The van der Waals surface area contributed by atoms with Gasteiger partial charge in [0.2, 0.25) is 0 Å². The highest BCUT2D eigenvalue weighted by Crippen LogP contribution is 2.18. The van der Waals surface area contributed by atoms with Crippen molar-refractivity contribution < 1.29 is 22.9 Å². The van der Waals surface area contributed by atoms with E-state index in [1.165, 1.54) is 4.90 Å². The van der Waals surface area contributed by atoms with Gasteiger partial charge in [0.15, 0.2) is 0 Å². The molecule has 24 heavy (non-hydrogen) atoms. The maximum atomic E-state index is 12.3. The minimum absolute atomic E-state index is 0.385. The van der Waals surface area contributed by atoms with Crippen LogP contribution in [0.5, 0.6) is 0 Å². The number of nitrogens with zero attached hydrogens (tertiary/aromatic N) is 1. The average molecular weight is 339 g/mol. The molecular formula is C18H22F3N2O+. The molecule has 0 amide bonds. The van der Waals surface area contributed by atoms with Crippen LogP contribution in [0.1, 0.15) is 12.5 Å². The van der Waals surface area contributed by atoms with Crippen LogP contribution >= 0.6 is 0 Å². The zero-order chi connectivity index (χ0) is 17.6. The molecule has 0 unspecified atom stereocenters. The van der Waals surface area contributed by atoms with E-state index < -0.39 is 12.0 Å². The van der Waals surface area contributed by atoms with Crippen molar-refractivity contribution in [2.24, 2.45) is 0 Å². The van der Waals surface area contributed by atoms with Crippen molar-refractivity contribution in [3.63, 3.8) is 0 Å². The molecular weight excluding hydrogens is 317 g/mol. The minimum Gasteiger partial charge on any atom is -0.364 e. The molecule has 0 aliphatic carbocycles. The third-order valence-corrected chi connectivity index (χ3v) is 4.11. The highest BCUT2D eigenvalue weighted by molar-refractivity contribution is 5.94. The molecule has 1 aromatic carbocycles. The number of alkyl halides is 3. The van der Waals surface area contributed by atoms with E-state index in [1.54, 1.807) is 6.92 Å². The largest absolute Gasteiger partial charge is 0.454 e. The van der Waals surface area contributed by atoms with Crippen LogP contribution in [-0.2, 0) is 4.79 Å². The molecule has 1 aliphatic heterocycles. The maximum Gasteiger partial charge on any atom is 0.454 e. The van der Waals surface area contributed by atoms with Crippen molar-refractivity contribution in [3.05, 3.63) is 53.7 Å². The molecule has 0 bridgehead atoms. The number of hydrogen-bond donors (Lipinski definition) is 1. The maximum absolute atomic E-state index is 12.3. The van der Waals surface area contributed by atoms with Crippen molar-refractivity contribution in [3.8, 4) is 0 Å². The van der Waals surface area contributed by atoms with Crippen molar-refractivity contribution in [1.82, 2.24) is 4.90 Å². The first-order chi connectivity index (χ1) is 11.4. The lowest BCUT2D eigenvalue weighted by Gasteiger charge is -2.33. The number of carbonyl (C=O) groups excluding carboxylic acids is 1. The lowest BCUT2D eigenvalue weighted by atomic mass is 10.2. The molecule has 1 saturated heterocycles. The third-order valence-electron chi connectivity index (χ3n) is 4.11. The summed E-state index contributed by atoms with van der Waals surface area (Å²) >= 11 is 0. The van der Waals surface area contributed by atoms with E-state index in [0.717, 1.165) is 25.2 Å². The summed E-state index contributed by atoms with van der Waals surface area (Å²) in [6.07, 6.45) is 0.0968. The monoisotopic (exact) mass is 339 g/mol. The molecule has 1 aliphatic rings. The van der Waals surface area contributed by atoms with Crippen molar-refractivity contribution in [2.45, 2.75) is 13.1 Å². The molecule has 130 valence electrons. The van der Waals surface area contributed by atoms with Gasteiger partial charge in [0, 0.05) is 11.8 Å². The van der Waals surface area contributed by atoms with E-state index in [2.05, 4.69) is 12.2 Å². The number of piperazine rings is 1. The molecule has 0 spiro atoms. The van der Waals surface area contributed by atoms with Gasteiger partial charge >= 0.3 is 6.18 Å². The summed E-state index contributed by atoms with van der Waals surface area (Å²) in [6, 6.07) is 10.0. The van der Waals surface area contributed by atoms with Gasteiger partial charge in [-0.2, -0.15) is 13.2 Å². The zero-order valence-electron chi connectivity index (χ0n) is 13.6. The number of nitrogens with one attached hydrogen (secondary N) is 1. The number of benzene rings is 1. The lowest BCUT2D eigenvalue weighted by Crippen LogP contribution is -3.14. The summed E-state index contributed by atoms with van der Waals surface area (Å²) in [5.41, 5.74) is 1.54. The Bertz CT molecular complexity index is 600. The summed E-state index contributed by atoms with van der Waals surface area (Å²) < 4.78 is 36.9. The van der Waals surface area contributed by atoms with E-state index in [4.69, 9.17) is 0 Å². The van der Waals surface area contributed by atoms with Gasteiger partial charge in [-0.3, -0.25) is 4.79 Å². The molecule has 0 atom stereocenters. The molecule has 1 fully saturated rings. The SMILES string of the molecule is C/C(=C/C(=O)C(F)(F)F)N1CC[NH+](C/C=C/c2ccccc2)CC1. The summed E-state index contributed by atoms with van der Waals surface area (Å²) in [5.74, 6) is -1.79. The fourth-order valence-corrected chi connectivity index (χ4v) is 2.67. The first kappa shape index (κ1) is 18.3. The Morgan fingerprint density at radius 1 is 1.21 bits per heavy atom. The average Bonchev–Trinajstić information content (AvgIpc) is 2.55. The second-order valence-corrected chi connectivity index (χ2v) is 5.90. The first-order valence-corrected chi connectivity index (χ1v) is 7.96. The predicted octanol–water partition coefficient (Wildman–Crippen LogP) is 1.94. The van der Waals surface area contributed by atoms with Gasteiger partial charge in [-0.05, 0) is 18.6 Å². The number of carbonyl (C=O) groups is 1. The summed E-state index contributed by atoms with van der Waals surface area (Å²) in [4.78, 5) is 14.2. The number of rotatable bonds is 5. The minimum atomic E-state index is -4.80. The second kappa shape index (κ2) is 8.15. The van der Waals surface area contributed by atoms with Crippen LogP contribution in [0.3, 0.4) is 0 Å². The Morgan fingerprint density at radius 2 is 1.83 bits per heavy atom. The molecule has 6 heteroatoms. The van der Waals surface area contributed by atoms with Gasteiger partial charge in [0.1, 0.15) is 0 Å². The van der Waals surface area contributed by atoms with E-state index in [0.29, 0.717) is 24.9 Å². The van der Waals surface area contributed by atoms with Crippen molar-refractivity contribution in [2.75, 3.05) is 32.7 Å². The Kier molecular flexibility index (Phi) is 6.20. The fourth-order valence-electron chi connectivity index (χ4n) is 2.67. The molecule has 0 radical (unpaired) electrons. The Labute approximate surface area is 140 Å². The van der Waals surface area contributed by atoms with Crippen LogP contribution < -0.4 is 4.90 Å². The smallest absolute Gasteiger partial charge is 0.364 e. The molecule has 1 aromatic rings. The molecule has 1 N–H and O–H groups in total. The van der Waals surface area contributed by atoms with Gasteiger partial charge < -0.3 is 9.80 Å².